The molecule has 24 heavy (non-hydrogen) atoms. The van der Waals surface area contributed by atoms with Crippen molar-refractivity contribution in [3.05, 3.63) is 54.2 Å². The van der Waals surface area contributed by atoms with E-state index >= 15 is 0 Å². The molecule has 6 heteroatoms. The molecule has 0 unspecified atom stereocenters. The van der Waals surface area contributed by atoms with E-state index in [1.165, 1.54) is 0 Å². The third-order valence-electron chi connectivity index (χ3n) is 3.57. The van der Waals surface area contributed by atoms with Crippen LogP contribution in [-0.4, -0.2) is 41.7 Å². The molecule has 2 aromatic rings. The molecule has 1 amide bonds. The number of hydrogen-bond acceptors (Lipinski definition) is 5. The molecule has 1 saturated heterocycles. The van der Waals surface area contributed by atoms with Gasteiger partial charge in [-0.3, -0.25) is 4.79 Å². The van der Waals surface area contributed by atoms with Crippen LogP contribution in [0, 0.1) is 0 Å². The Balaban J connectivity index is 1.46. The number of ether oxygens (including phenoxy) is 2. The van der Waals surface area contributed by atoms with Crippen LogP contribution in [-0.2, 0) is 0 Å². The van der Waals surface area contributed by atoms with E-state index in [0.717, 1.165) is 23.7 Å². The van der Waals surface area contributed by atoms with Gasteiger partial charge in [0.1, 0.15) is 18.5 Å². The van der Waals surface area contributed by atoms with Crippen molar-refractivity contribution in [2.75, 3.05) is 24.7 Å². The van der Waals surface area contributed by atoms with Gasteiger partial charge in [0.15, 0.2) is 0 Å². The number of rotatable bonds is 7. The molecule has 1 aromatic heterocycles. The first-order valence-corrected chi connectivity index (χ1v) is 9.13. The molecule has 0 radical (unpaired) electrons. The molecule has 126 valence electrons. The highest BCUT2D eigenvalue weighted by Gasteiger charge is 2.18. The maximum absolute atomic E-state index is 12.2. The first kappa shape index (κ1) is 16.6. The van der Waals surface area contributed by atoms with Crippen molar-refractivity contribution in [1.29, 1.82) is 0 Å². The van der Waals surface area contributed by atoms with Gasteiger partial charge in [-0.1, -0.05) is 18.2 Å². The van der Waals surface area contributed by atoms with E-state index in [4.69, 9.17) is 9.47 Å². The van der Waals surface area contributed by atoms with E-state index in [2.05, 4.69) is 10.3 Å². The Bertz CT molecular complexity index is 660. The monoisotopic (exact) mass is 344 g/mol. The van der Waals surface area contributed by atoms with E-state index < -0.39 is 0 Å². The van der Waals surface area contributed by atoms with Crippen molar-refractivity contribution >= 4 is 17.7 Å². The summed E-state index contributed by atoms with van der Waals surface area (Å²) >= 11 is 1.88. The van der Waals surface area contributed by atoms with Crippen LogP contribution in [0.3, 0.4) is 0 Å². The third-order valence-corrected chi connectivity index (χ3v) is 4.70. The Hall–Kier alpha value is -2.21. The SMILES string of the molecule is O=C(NCCOc1ccccc1)c1ccnc(O[C@H]2CCSC2)c1. The molecule has 0 aliphatic carbocycles. The minimum absolute atomic E-state index is 0.153. The number of thioether (sulfide) groups is 1. The van der Waals surface area contributed by atoms with Crippen molar-refractivity contribution in [3.63, 3.8) is 0 Å². The van der Waals surface area contributed by atoms with Gasteiger partial charge < -0.3 is 14.8 Å². The van der Waals surface area contributed by atoms with Gasteiger partial charge in [-0.05, 0) is 30.4 Å². The summed E-state index contributed by atoms with van der Waals surface area (Å²) in [5, 5.41) is 2.84. The average molecular weight is 344 g/mol. The van der Waals surface area contributed by atoms with E-state index in [1.807, 2.05) is 42.1 Å². The Morgan fingerprint density at radius 1 is 1.29 bits per heavy atom. The molecule has 1 atom stereocenters. The second-order valence-corrected chi connectivity index (χ2v) is 6.55. The van der Waals surface area contributed by atoms with Gasteiger partial charge >= 0.3 is 0 Å². The maximum atomic E-state index is 12.2. The first-order valence-electron chi connectivity index (χ1n) is 7.98. The lowest BCUT2D eigenvalue weighted by atomic mass is 10.2. The van der Waals surface area contributed by atoms with E-state index in [0.29, 0.717) is 24.6 Å². The van der Waals surface area contributed by atoms with Crippen LogP contribution in [0.25, 0.3) is 0 Å². The summed E-state index contributed by atoms with van der Waals surface area (Å²) < 4.78 is 11.4. The number of nitrogens with zero attached hydrogens (tertiary/aromatic N) is 1. The van der Waals surface area contributed by atoms with Gasteiger partial charge in [-0.25, -0.2) is 4.98 Å². The molecular formula is C18H20N2O3S. The van der Waals surface area contributed by atoms with Gasteiger partial charge in [0.05, 0.1) is 6.54 Å². The number of pyridine rings is 1. The van der Waals surface area contributed by atoms with Gasteiger partial charge in [0.25, 0.3) is 5.91 Å². The highest BCUT2D eigenvalue weighted by molar-refractivity contribution is 7.99. The van der Waals surface area contributed by atoms with Crippen molar-refractivity contribution in [2.24, 2.45) is 0 Å². The van der Waals surface area contributed by atoms with E-state index in [9.17, 15) is 4.79 Å². The molecule has 1 aromatic carbocycles. The minimum Gasteiger partial charge on any atom is -0.492 e. The Morgan fingerprint density at radius 2 is 2.17 bits per heavy atom. The zero-order valence-electron chi connectivity index (χ0n) is 13.3. The number of hydrogen-bond donors (Lipinski definition) is 1. The molecular weight excluding hydrogens is 324 g/mol. The zero-order valence-corrected chi connectivity index (χ0v) is 14.1. The average Bonchev–Trinajstić information content (AvgIpc) is 3.13. The number of benzene rings is 1. The van der Waals surface area contributed by atoms with E-state index in [1.54, 1.807) is 18.3 Å². The van der Waals surface area contributed by atoms with Gasteiger partial charge in [-0.2, -0.15) is 11.8 Å². The fourth-order valence-corrected chi connectivity index (χ4v) is 3.44. The van der Waals surface area contributed by atoms with Crippen LogP contribution in [0.1, 0.15) is 16.8 Å². The summed E-state index contributed by atoms with van der Waals surface area (Å²) in [5.41, 5.74) is 0.547. The van der Waals surface area contributed by atoms with Crippen molar-refractivity contribution in [3.8, 4) is 11.6 Å². The smallest absolute Gasteiger partial charge is 0.251 e. The fraction of sp³-hybridized carbons (Fsp3) is 0.333. The number of para-hydroxylation sites is 1. The van der Waals surface area contributed by atoms with Crippen molar-refractivity contribution in [1.82, 2.24) is 10.3 Å². The summed E-state index contributed by atoms with van der Waals surface area (Å²) in [7, 11) is 0. The summed E-state index contributed by atoms with van der Waals surface area (Å²) in [6.07, 6.45) is 2.83. The molecule has 1 aliphatic rings. The number of carbonyl (C=O) groups excluding carboxylic acids is 1. The van der Waals surface area contributed by atoms with Gasteiger partial charge in [0, 0.05) is 23.6 Å². The van der Waals surface area contributed by atoms with E-state index in [-0.39, 0.29) is 12.0 Å². The molecule has 0 spiro atoms. The predicted octanol–water partition coefficient (Wildman–Crippen LogP) is 2.77. The molecule has 1 N–H and O–H groups in total. The van der Waals surface area contributed by atoms with Crippen LogP contribution in [0.2, 0.25) is 0 Å². The highest BCUT2D eigenvalue weighted by Crippen LogP contribution is 2.22. The minimum atomic E-state index is -0.153. The van der Waals surface area contributed by atoms with Gasteiger partial charge in [0.2, 0.25) is 5.88 Å². The largest absolute Gasteiger partial charge is 0.492 e. The van der Waals surface area contributed by atoms with Crippen molar-refractivity contribution in [2.45, 2.75) is 12.5 Å². The number of carbonyl (C=O) groups is 1. The highest BCUT2D eigenvalue weighted by atomic mass is 32.2. The number of aromatic nitrogens is 1. The second kappa shape index (κ2) is 8.59. The predicted molar refractivity (Wildman–Crippen MR) is 94.9 cm³/mol. The van der Waals surface area contributed by atoms with Crippen LogP contribution in [0.4, 0.5) is 0 Å². The van der Waals surface area contributed by atoms with Crippen LogP contribution < -0.4 is 14.8 Å². The lowest BCUT2D eigenvalue weighted by Crippen LogP contribution is -2.28. The molecule has 2 heterocycles. The Labute approximate surface area is 145 Å². The lowest BCUT2D eigenvalue weighted by Gasteiger charge is -2.12. The first-order chi connectivity index (χ1) is 11.8. The summed E-state index contributed by atoms with van der Waals surface area (Å²) in [6, 6.07) is 12.9. The van der Waals surface area contributed by atoms with Crippen LogP contribution in [0.5, 0.6) is 11.6 Å². The normalized spacial score (nSPS) is 16.6. The second-order valence-electron chi connectivity index (χ2n) is 5.40. The molecule has 1 aliphatic heterocycles. The lowest BCUT2D eigenvalue weighted by molar-refractivity contribution is 0.0946. The Kier molecular flexibility index (Phi) is 5.96. The van der Waals surface area contributed by atoms with Crippen LogP contribution >= 0.6 is 11.8 Å². The van der Waals surface area contributed by atoms with Gasteiger partial charge in [-0.15, -0.1) is 0 Å². The Morgan fingerprint density at radius 3 is 2.96 bits per heavy atom. The summed E-state index contributed by atoms with van der Waals surface area (Å²) in [6.45, 7) is 0.856. The standard InChI is InChI=1S/C18H20N2O3S/c21-18(20-9-10-22-15-4-2-1-3-5-15)14-6-8-19-17(12-14)23-16-7-11-24-13-16/h1-6,8,12,16H,7,9-11,13H2,(H,20,21)/t16-/m0/s1. The summed E-state index contributed by atoms with van der Waals surface area (Å²) in [5.74, 6) is 3.25. The maximum Gasteiger partial charge on any atom is 0.251 e. The van der Waals surface area contributed by atoms with Crippen LogP contribution in [0.15, 0.2) is 48.7 Å². The molecule has 1 fully saturated rings. The topological polar surface area (TPSA) is 60.5 Å². The molecule has 0 saturated carbocycles. The zero-order chi connectivity index (χ0) is 16.6. The molecule has 0 bridgehead atoms. The number of nitrogens with one attached hydrogen (secondary N) is 1. The molecule has 5 nitrogen and oxygen atoms in total. The third kappa shape index (κ3) is 4.89. The molecule has 3 rings (SSSR count). The summed E-state index contributed by atoms with van der Waals surface area (Å²) in [4.78, 5) is 16.4. The van der Waals surface area contributed by atoms with Crippen molar-refractivity contribution < 1.29 is 14.3 Å². The number of amides is 1. The quantitative estimate of drug-likeness (QED) is 0.783. The fourth-order valence-electron chi connectivity index (χ4n) is 2.34.